The predicted octanol–water partition coefficient (Wildman–Crippen LogP) is 2.54. The van der Waals surface area contributed by atoms with E-state index in [1.807, 2.05) is 43.3 Å². The Labute approximate surface area is 211 Å². The minimum atomic E-state index is -0.757. The number of rotatable bonds is 5. The summed E-state index contributed by atoms with van der Waals surface area (Å²) in [6.07, 6.45) is 0.785. The molecule has 1 aromatic heterocycles. The van der Waals surface area contributed by atoms with Crippen LogP contribution in [0.25, 0.3) is 5.57 Å². The number of nitrogens with zero attached hydrogens (tertiary/aromatic N) is 3. The van der Waals surface area contributed by atoms with Crippen LogP contribution in [0, 0.1) is 0 Å². The highest BCUT2D eigenvalue weighted by molar-refractivity contribution is 7.07. The van der Waals surface area contributed by atoms with Gasteiger partial charge in [0.1, 0.15) is 10.3 Å². The second kappa shape index (κ2) is 9.23. The fraction of sp³-hybridized carbons (Fsp3) is 0.259. The molecule has 2 aliphatic heterocycles. The average Bonchev–Trinajstić information content (AvgIpc) is 3.35. The number of amides is 1. The average molecular weight is 504 g/mol. The molecule has 0 unspecified atom stereocenters. The van der Waals surface area contributed by atoms with Gasteiger partial charge in [-0.15, -0.1) is 0 Å². The van der Waals surface area contributed by atoms with Crippen molar-refractivity contribution in [3.63, 3.8) is 0 Å². The van der Waals surface area contributed by atoms with Gasteiger partial charge in [-0.05, 0) is 37.1 Å². The molecule has 9 heteroatoms. The maximum atomic E-state index is 14.0. The van der Waals surface area contributed by atoms with E-state index in [4.69, 9.17) is 9.47 Å². The van der Waals surface area contributed by atoms with Gasteiger partial charge in [0.2, 0.25) is 0 Å². The van der Waals surface area contributed by atoms with Crippen LogP contribution in [0.1, 0.15) is 37.4 Å². The number of ether oxygens (including phenoxy) is 2. The SMILES string of the molecule is CCCN1C(=O)C(=c2sc3n(c2=O)[C@H](c2ccc(OC)cc2)C(C(=O)OC)=C(C)N=3)c2ccccc21. The van der Waals surface area contributed by atoms with E-state index >= 15 is 0 Å². The topological polar surface area (TPSA) is 90.2 Å². The maximum Gasteiger partial charge on any atom is 0.338 e. The van der Waals surface area contributed by atoms with Gasteiger partial charge in [0, 0.05) is 12.1 Å². The number of esters is 1. The van der Waals surface area contributed by atoms with Crippen LogP contribution in [-0.4, -0.2) is 37.2 Å². The van der Waals surface area contributed by atoms with Crippen molar-refractivity contribution in [2.75, 3.05) is 25.7 Å². The number of anilines is 1. The fourth-order valence-electron chi connectivity index (χ4n) is 4.79. The molecule has 0 bridgehead atoms. The Bertz CT molecular complexity index is 1600. The number of allylic oxidation sites excluding steroid dienone is 1. The van der Waals surface area contributed by atoms with E-state index in [1.54, 1.807) is 31.1 Å². The van der Waals surface area contributed by atoms with Crippen molar-refractivity contribution in [1.29, 1.82) is 0 Å². The summed E-state index contributed by atoms with van der Waals surface area (Å²) in [6, 6.07) is 13.9. The molecule has 0 radical (unpaired) electrons. The molecule has 0 fully saturated rings. The number of thiazole rings is 1. The van der Waals surface area contributed by atoms with Crippen LogP contribution in [0.2, 0.25) is 0 Å². The predicted molar refractivity (Wildman–Crippen MR) is 137 cm³/mol. The second-order valence-corrected chi connectivity index (χ2v) is 9.49. The Hall–Kier alpha value is -3.98. The van der Waals surface area contributed by atoms with Crippen LogP contribution in [0.4, 0.5) is 5.69 Å². The Morgan fingerprint density at radius 2 is 1.81 bits per heavy atom. The summed E-state index contributed by atoms with van der Waals surface area (Å²) in [4.78, 5) is 47.1. The number of hydrogen-bond donors (Lipinski definition) is 0. The summed E-state index contributed by atoms with van der Waals surface area (Å²) < 4.78 is 12.1. The van der Waals surface area contributed by atoms with E-state index in [9.17, 15) is 14.4 Å². The molecule has 0 N–H and O–H groups in total. The van der Waals surface area contributed by atoms with Crippen LogP contribution >= 0.6 is 11.3 Å². The molecule has 0 aliphatic carbocycles. The monoisotopic (exact) mass is 503 g/mol. The highest BCUT2D eigenvalue weighted by atomic mass is 32.1. The van der Waals surface area contributed by atoms with E-state index < -0.39 is 12.0 Å². The molecule has 1 amide bonds. The third-order valence-corrected chi connectivity index (χ3v) is 7.48. The van der Waals surface area contributed by atoms with Crippen molar-refractivity contribution < 1.29 is 19.1 Å². The van der Waals surface area contributed by atoms with E-state index in [2.05, 4.69) is 4.99 Å². The summed E-state index contributed by atoms with van der Waals surface area (Å²) in [5.74, 6) is -0.113. The fourth-order valence-corrected chi connectivity index (χ4v) is 5.93. The van der Waals surface area contributed by atoms with Gasteiger partial charge in [0.15, 0.2) is 4.80 Å². The Morgan fingerprint density at radius 1 is 1.08 bits per heavy atom. The van der Waals surface area contributed by atoms with Crippen molar-refractivity contribution >= 4 is 34.5 Å². The van der Waals surface area contributed by atoms with E-state index in [1.165, 1.54) is 23.0 Å². The first-order chi connectivity index (χ1) is 17.4. The largest absolute Gasteiger partial charge is 0.497 e. The van der Waals surface area contributed by atoms with Crippen LogP contribution < -0.4 is 24.5 Å². The number of methoxy groups -OCH3 is 2. The molecular formula is C27H25N3O5S. The zero-order chi connectivity index (χ0) is 25.6. The van der Waals surface area contributed by atoms with Crippen LogP contribution in [-0.2, 0) is 14.3 Å². The van der Waals surface area contributed by atoms with Crippen molar-refractivity contribution in [2.24, 2.45) is 4.99 Å². The molecule has 2 aliphatic rings. The van der Waals surface area contributed by atoms with Gasteiger partial charge >= 0.3 is 5.97 Å². The molecule has 0 saturated heterocycles. The number of carbonyl (C=O) groups excluding carboxylic acids is 2. The zero-order valence-electron chi connectivity index (χ0n) is 20.4. The first kappa shape index (κ1) is 23.7. The molecule has 0 saturated carbocycles. The molecule has 1 atom stereocenters. The van der Waals surface area contributed by atoms with Crippen LogP contribution in [0.3, 0.4) is 0 Å². The van der Waals surface area contributed by atoms with E-state index in [0.717, 1.165) is 17.7 Å². The number of fused-ring (bicyclic) bond motifs is 2. The minimum absolute atomic E-state index is 0.201. The third-order valence-electron chi connectivity index (χ3n) is 6.43. The summed E-state index contributed by atoms with van der Waals surface area (Å²) >= 11 is 1.17. The van der Waals surface area contributed by atoms with Crippen molar-refractivity contribution in [3.05, 3.63) is 90.6 Å². The third kappa shape index (κ3) is 3.58. The number of aromatic nitrogens is 1. The molecule has 8 nitrogen and oxygen atoms in total. The van der Waals surface area contributed by atoms with Gasteiger partial charge in [0.05, 0.1) is 42.8 Å². The van der Waals surface area contributed by atoms with E-state index in [0.29, 0.717) is 38.5 Å². The van der Waals surface area contributed by atoms with Crippen molar-refractivity contribution in [1.82, 2.24) is 4.57 Å². The van der Waals surface area contributed by atoms with Crippen molar-refractivity contribution in [2.45, 2.75) is 26.3 Å². The normalized spacial score (nSPS) is 18.1. The standard InChI is InChI=1S/C27H25N3O5S/c1-5-14-29-19-9-7-6-8-18(19)21(24(29)31)23-25(32)30-22(16-10-12-17(34-3)13-11-16)20(26(33)35-4)15(2)28-27(30)36-23/h6-13,22H,5,14H2,1-4H3/t22-/m1/s1. The van der Waals surface area contributed by atoms with Gasteiger partial charge < -0.3 is 14.4 Å². The van der Waals surface area contributed by atoms with Gasteiger partial charge in [-0.2, -0.15) is 0 Å². The molecule has 184 valence electrons. The number of para-hydroxylation sites is 1. The maximum absolute atomic E-state index is 14.0. The lowest BCUT2D eigenvalue weighted by molar-refractivity contribution is -0.136. The number of carbonyl (C=O) groups is 2. The first-order valence-corrected chi connectivity index (χ1v) is 12.4. The second-order valence-electron chi connectivity index (χ2n) is 8.52. The molecular weight excluding hydrogens is 478 g/mol. The molecule has 2 aromatic carbocycles. The van der Waals surface area contributed by atoms with E-state index in [-0.39, 0.29) is 17.0 Å². The van der Waals surface area contributed by atoms with Gasteiger partial charge in [0.25, 0.3) is 11.5 Å². The summed E-state index contributed by atoms with van der Waals surface area (Å²) in [5.41, 5.74) is 2.97. The molecule has 36 heavy (non-hydrogen) atoms. The van der Waals surface area contributed by atoms with Crippen LogP contribution in [0.5, 0.6) is 5.75 Å². The first-order valence-electron chi connectivity index (χ1n) is 11.6. The minimum Gasteiger partial charge on any atom is -0.497 e. The molecule has 5 rings (SSSR count). The lowest BCUT2D eigenvalue weighted by Crippen LogP contribution is -2.40. The summed E-state index contributed by atoms with van der Waals surface area (Å²) in [7, 11) is 2.87. The van der Waals surface area contributed by atoms with Gasteiger partial charge in [-0.1, -0.05) is 48.6 Å². The Kier molecular flexibility index (Phi) is 6.09. The summed E-state index contributed by atoms with van der Waals surface area (Å²) in [5, 5.41) is 0. The molecule has 3 aromatic rings. The lowest BCUT2D eigenvalue weighted by Gasteiger charge is -2.24. The highest BCUT2D eigenvalue weighted by Gasteiger charge is 2.37. The quantitative estimate of drug-likeness (QED) is 0.499. The van der Waals surface area contributed by atoms with Gasteiger partial charge in [-0.25, -0.2) is 9.79 Å². The molecule has 3 heterocycles. The Balaban J connectivity index is 1.81. The zero-order valence-corrected chi connectivity index (χ0v) is 21.2. The van der Waals surface area contributed by atoms with Crippen molar-refractivity contribution in [3.8, 4) is 5.75 Å². The highest BCUT2D eigenvalue weighted by Crippen LogP contribution is 2.36. The smallest absolute Gasteiger partial charge is 0.338 e. The number of benzene rings is 2. The number of hydrogen-bond acceptors (Lipinski definition) is 7. The Morgan fingerprint density at radius 3 is 2.47 bits per heavy atom. The van der Waals surface area contributed by atoms with Gasteiger partial charge in [-0.3, -0.25) is 14.2 Å². The van der Waals surface area contributed by atoms with Crippen LogP contribution in [0.15, 0.2) is 69.6 Å². The summed E-state index contributed by atoms with van der Waals surface area (Å²) in [6.45, 7) is 4.29. The lowest BCUT2D eigenvalue weighted by atomic mass is 9.96. The molecule has 0 spiro atoms.